The second kappa shape index (κ2) is 9.26. The van der Waals surface area contributed by atoms with Gasteiger partial charge in [-0.3, -0.25) is 4.79 Å². The van der Waals surface area contributed by atoms with Gasteiger partial charge in [0.2, 0.25) is 5.95 Å². The summed E-state index contributed by atoms with van der Waals surface area (Å²) < 4.78 is 42.4. The zero-order valence-electron chi connectivity index (χ0n) is 17.9. The molecule has 1 unspecified atom stereocenters. The van der Waals surface area contributed by atoms with E-state index in [2.05, 4.69) is 20.3 Å². The number of aromatic nitrogens is 3. The van der Waals surface area contributed by atoms with Crippen LogP contribution in [0.2, 0.25) is 5.02 Å². The highest BCUT2D eigenvalue weighted by molar-refractivity contribution is 7.15. The number of halogens is 4. The van der Waals surface area contributed by atoms with Crippen LogP contribution >= 0.6 is 22.9 Å². The largest absolute Gasteiger partial charge is 0.352 e. The standard InChI is InChI=1S/C22H21ClF3N5OS/c1-12-7-22(25,26)11-31(17(12)10-29-21-27-8-15(23)9-28-21)20(32)18-19(33-13(2)30-18)14-3-5-16(24)6-4-14/h3-6,8-9,12,17H,7,10-11H2,1-2H3,(H,27,28,29)/t12-,17?/m1/s1. The van der Waals surface area contributed by atoms with Gasteiger partial charge in [0, 0.05) is 13.0 Å². The van der Waals surface area contributed by atoms with Gasteiger partial charge in [0.15, 0.2) is 0 Å². The van der Waals surface area contributed by atoms with Gasteiger partial charge in [-0.25, -0.2) is 28.1 Å². The van der Waals surface area contributed by atoms with E-state index in [1.54, 1.807) is 26.0 Å². The minimum absolute atomic E-state index is 0.0850. The molecule has 6 nitrogen and oxygen atoms in total. The third-order valence-electron chi connectivity index (χ3n) is 5.47. The van der Waals surface area contributed by atoms with Crippen molar-refractivity contribution in [3.05, 3.63) is 58.2 Å². The number of nitrogens with one attached hydrogen (secondary N) is 1. The first-order chi connectivity index (χ1) is 15.6. The smallest absolute Gasteiger partial charge is 0.274 e. The topological polar surface area (TPSA) is 71.0 Å². The molecule has 0 saturated carbocycles. The van der Waals surface area contributed by atoms with Gasteiger partial charge >= 0.3 is 0 Å². The SMILES string of the molecule is Cc1nc(C(=O)N2CC(F)(F)C[C@@H](C)C2CNc2ncc(Cl)cn2)c(-c2ccc(F)cc2)s1. The number of nitrogens with zero attached hydrogens (tertiary/aromatic N) is 4. The average molecular weight is 496 g/mol. The fourth-order valence-electron chi connectivity index (χ4n) is 3.98. The summed E-state index contributed by atoms with van der Waals surface area (Å²) in [6, 6.07) is 5.12. The number of piperidine rings is 1. The van der Waals surface area contributed by atoms with E-state index in [-0.39, 0.29) is 24.6 Å². The molecule has 33 heavy (non-hydrogen) atoms. The number of amides is 1. The fraction of sp³-hybridized carbons (Fsp3) is 0.364. The molecule has 0 aliphatic carbocycles. The van der Waals surface area contributed by atoms with E-state index in [0.29, 0.717) is 20.5 Å². The number of benzene rings is 1. The Kier molecular flexibility index (Phi) is 6.58. The first kappa shape index (κ1) is 23.4. The molecular formula is C22H21ClF3N5OS. The summed E-state index contributed by atoms with van der Waals surface area (Å²) in [6.07, 6.45) is 2.50. The maximum absolute atomic E-state index is 14.5. The number of thiazole rings is 1. The Morgan fingerprint density at radius 3 is 2.61 bits per heavy atom. The van der Waals surface area contributed by atoms with E-state index in [1.165, 1.54) is 40.8 Å². The lowest BCUT2D eigenvalue weighted by Gasteiger charge is -2.43. The summed E-state index contributed by atoms with van der Waals surface area (Å²) in [4.78, 5) is 27.7. The Morgan fingerprint density at radius 1 is 1.27 bits per heavy atom. The molecule has 0 spiro atoms. The molecule has 1 amide bonds. The Bertz CT molecular complexity index is 1140. The molecule has 1 aromatic carbocycles. The van der Waals surface area contributed by atoms with Crippen LogP contribution in [0.1, 0.15) is 28.8 Å². The van der Waals surface area contributed by atoms with Gasteiger partial charge in [0.05, 0.1) is 39.9 Å². The van der Waals surface area contributed by atoms with Crippen molar-refractivity contribution in [1.82, 2.24) is 19.9 Å². The molecule has 0 bridgehead atoms. The van der Waals surface area contributed by atoms with Crippen LogP contribution in [0.5, 0.6) is 0 Å². The zero-order chi connectivity index (χ0) is 23.8. The molecule has 1 fully saturated rings. The lowest BCUT2D eigenvalue weighted by molar-refractivity contribution is -0.0898. The van der Waals surface area contributed by atoms with Crippen molar-refractivity contribution >= 4 is 34.8 Å². The maximum Gasteiger partial charge on any atom is 0.274 e. The first-order valence-electron chi connectivity index (χ1n) is 10.3. The fourth-order valence-corrected chi connectivity index (χ4v) is 5.00. The van der Waals surface area contributed by atoms with E-state index in [0.717, 1.165) is 0 Å². The summed E-state index contributed by atoms with van der Waals surface area (Å²) in [5.74, 6) is -4.23. The molecule has 0 radical (unpaired) electrons. The Labute approximate surface area is 197 Å². The molecule has 174 valence electrons. The molecule has 3 aromatic rings. The van der Waals surface area contributed by atoms with Crippen LogP contribution in [0.3, 0.4) is 0 Å². The molecule has 2 atom stereocenters. The van der Waals surface area contributed by atoms with Crippen LogP contribution in [-0.2, 0) is 0 Å². The molecular weight excluding hydrogens is 475 g/mol. The highest BCUT2D eigenvalue weighted by Gasteiger charge is 2.46. The number of hydrogen-bond acceptors (Lipinski definition) is 6. The van der Waals surface area contributed by atoms with E-state index in [4.69, 9.17) is 11.6 Å². The van der Waals surface area contributed by atoms with Gasteiger partial charge in [0.25, 0.3) is 11.8 Å². The molecule has 4 rings (SSSR count). The second-order valence-corrected chi connectivity index (χ2v) is 9.70. The normalized spacial score (nSPS) is 20.0. The number of alkyl halides is 2. The molecule has 1 aliphatic rings. The van der Waals surface area contributed by atoms with Gasteiger partial charge in [0.1, 0.15) is 11.5 Å². The van der Waals surface area contributed by atoms with E-state index >= 15 is 0 Å². The summed E-state index contributed by atoms with van der Waals surface area (Å²) in [6.45, 7) is 2.89. The number of hydrogen-bond donors (Lipinski definition) is 1. The van der Waals surface area contributed by atoms with Crippen molar-refractivity contribution in [3.63, 3.8) is 0 Å². The van der Waals surface area contributed by atoms with Crippen molar-refractivity contribution < 1.29 is 18.0 Å². The molecule has 11 heteroatoms. The van der Waals surface area contributed by atoms with Gasteiger partial charge in [-0.05, 0) is 30.5 Å². The summed E-state index contributed by atoms with van der Waals surface area (Å²) in [5, 5.41) is 3.99. The predicted octanol–water partition coefficient (Wildman–Crippen LogP) is 5.30. The van der Waals surface area contributed by atoms with Gasteiger partial charge < -0.3 is 10.2 Å². The summed E-state index contributed by atoms with van der Waals surface area (Å²) in [7, 11) is 0. The van der Waals surface area contributed by atoms with E-state index < -0.39 is 36.2 Å². The number of anilines is 1. The van der Waals surface area contributed by atoms with Crippen molar-refractivity contribution in [3.8, 4) is 10.4 Å². The lowest BCUT2D eigenvalue weighted by atomic mass is 9.88. The Balaban J connectivity index is 1.64. The first-order valence-corrected chi connectivity index (χ1v) is 11.5. The molecule has 1 aliphatic heterocycles. The van der Waals surface area contributed by atoms with Gasteiger partial charge in [-0.2, -0.15) is 0 Å². The van der Waals surface area contributed by atoms with Crippen LogP contribution in [0.25, 0.3) is 10.4 Å². The lowest BCUT2D eigenvalue weighted by Crippen LogP contribution is -2.57. The number of likely N-dealkylation sites (tertiary alicyclic amines) is 1. The monoisotopic (exact) mass is 495 g/mol. The summed E-state index contributed by atoms with van der Waals surface area (Å²) >= 11 is 7.07. The molecule has 2 aromatic heterocycles. The second-order valence-electron chi connectivity index (χ2n) is 8.06. The van der Waals surface area contributed by atoms with Crippen molar-refractivity contribution in [2.75, 3.05) is 18.4 Å². The third-order valence-corrected chi connectivity index (χ3v) is 6.69. The summed E-state index contributed by atoms with van der Waals surface area (Å²) in [5.41, 5.74) is 0.688. The number of carbonyl (C=O) groups excluding carboxylic acids is 1. The van der Waals surface area contributed by atoms with Crippen molar-refractivity contribution in [1.29, 1.82) is 0 Å². The number of aryl methyl sites for hydroxylation is 1. The van der Waals surface area contributed by atoms with Crippen LogP contribution in [-0.4, -0.2) is 50.8 Å². The highest BCUT2D eigenvalue weighted by atomic mass is 35.5. The van der Waals surface area contributed by atoms with Gasteiger partial charge in [-0.1, -0.05) is 30.7 Å². The van der Waals surface area contributed by atoms with Crippen LogP contribution in [0.15, 0.2) is 36.7 Å². The molecule has 3 heterocycles. The van der Waals surface area contributed by atoms with Crippen molar-refractivity contribution in [2.24, 2.45) is 5.92 Å². The molecule has 1 saturated heterocycles. The minimum Gasteiger partial charge on any atom is -0.352 e. The average Bonchev–Trinajstić information content (AvgIpc) is 3.15. The predicted molar refractivity (Wildman–Crippen MR) is 121 cm³/mol. The third kappa shape index (κ3) is 5.27. The quantitative estimate of drug-likeness (QED) is 0.520. The van der Waals surface area contributed by atoms with Crippen LogP contribution in [0.4, 0.5) is 19.1 Å². The van der Waals surface area contributed by atoms with Crippen LogP contribution < -0.4 is 5.32 Å². The zero-order valence-corrected chi connectivity index (χ0v) is 19.4. The molecule has 1 N–H and O–H groups in total. The maximum atomic E-state index is 14.5. The number of rotatable bonds is 5. The van der Waals surface area contributed by atoms with Crippen LogP contribution in [0, 0.1) is 18.7 Å². The van der Waals surface area contributed by atoms with Crippen molar-refractivity contribution in [2.45, 2.75) is 32.2 Å². The Hall–Kier alpha value is -2.72. The highest BCUT2D eigenvalue weighted by Crippen LogP contribution is 2.37. The number of carbonyl (C=O) groups is 1. The minimum atomic E-state index is -3.02. The Morgan fingerprint density at radius 2 is 1.94 bits per heavy atom. The van der Waals surface area contributed by atoms with E-state index in [9.17, 15) is 18.0 Å². The van der Waals surface area contributed by atoms with Gasteiger partial charge in [-0.15, -0.1) is 11.3 Å². The van der Waals surface area contributed by atoms with E-state index in [1.807, 2.05) is 0 Å².